The number of benzene rings is 2. The molecule has 0 saturated heterocycles. The largest absolute Gasteiger partial charge is 0.494 e. The summed E-state index contributed by atoms with van der Waals surface area (Å²) in [7, 11) is 0. The van der Waals surface area contributed by atoms with Crippen molar-refractivity contribution in [1.82, 2.24) is 4.98 Å². The molecule has 0 aliphatic carbocycles. The van der Waals surface area contributed by atoms with Crippen LogP contribution in [0.25, 0.3) is 10.9 Å². The Bertz CT molecular complexity index is 912. The number of aromatic nitrogens is 1. The van der Waals surface area contributed by atoms with Gasteiger partial charge in [0, 0.05) is 23.2 Å². The van der Waals surface area contributed by atoms with E-state index in [1.165, 1.54) is 0 Å². The Balaban J connectivity index is 1.70. The van der Waals surface area contributed by atoms with Crippen molar-refractivity contribution in [3.63, 3.8) is 0 Å². The molecule has 23 heavy (non-hydrogen) atoms. The quantitative estimate of drug-likeness (QED) is 0.709. The third-order valence-electron chi connectivity index (χ3n) is 3.84. The van der Waals surface area contributed by atoms with Gasteiger partial charge >= 0.3 is 0 Å². The molecule has 3 aromatic rings. The molecule has 5 nitrogen and oxygen atoms in total. The highest BCUT2D eigenvalue weighted by Crippen LogP contribution is 2.34. The number of aromatic hydroxyl groups is 1. The van der Waals surface area contributed by atoms with Gasteiger partial charge in [-0.1, -0.05) is 12.1 Å². The van der Waals surface area contributed by atoms with Gasteiger partial charge in [0.1, 0.15) is 13.2 Å². The van der Waals surface area contributed by atoms with Gasteiger partial charge in [-0.2, -0.15) is 0 Å². The van der Waals surface area contributed by atoms with Crippen LogP contribution in [0.4, 0.5) is 5.69 Å². The number of hydrogen-bond donors (Lipinski definition) is 2. The van der Waals surface area contributed by atoms with Crippen LogP contribution in [0.1, 0.15) is 11.1 Å². The van der Waals surface area contributed by atoms with Crippen LogP contribution in [0.2, 0.25) is 0 Å². The van der Waals surface area contributed by atoms with Crippen molar-refractivity contribution >= 4 is 22.8 Å². The van der Waals surface area contributed by atoms with E-state index in [4.69, 9.17) is 9.47 Å². The molecule has 0 atom stereocenters. The van der Waals surface area contributed by atoms with Crippen LogP contribution in [-0.4, -0.2) is 29.5 Å². The fourth-order valence-corrected chi connectivity index (χ4v) is 2.70. The zero-order valence-electron chi connectivity index (χ0n) is 12.7. The van der Waals surface area contributed by atoms with Crippen molar-refractivity contribution in [2.45, 2.75) is 6.92 Å². The summed E-state index contributed by atoms with van der Waals surface area (Å²) in [5, 5.41) is 11.0. The van der Waals surface area contributed by atoms with Crippen LogP contribution in [0.15, 0.2) is 41.4 Å². The highest BCUT2D eigenvalue weighted by Gasteiger charge is 2.12. The second kappa shape index (κ2) is 5.35. The number of nitrogens with one attached hydrogen (secondary N) is 1. The topological polar surface area (TPSA) is 66.8 Å². The van der Waals surface area contributed by atoms with E-state index in [2.05, 4.69) is 9.98 Å². The Morgan fingerprint density at radius 1 is 1.09 bits per heavy atom. The maximum atomic E-state index is 10.1. The fourth-order valence-electron chi connectivity index (χ4n) is 2.70. The van der Waals surface area contributed by atoms with E-state index in [0.717, 1.165) is 27.9 Å². The normalized spacial score (nSPS) is 13.8. The Morgan fingerprint density at radius 3 is 2.78 bits per heavy atom. The van der Waals surface area contributed by atoms with Gasteiger partial charge in [-0.25, -0.2) is 0 Å². The average molecular weight is 308 g/mol. The predicted molar refractivity (Wildman–Crippen MR) is 89.4 cm³/mol. The first-order valence-electron chi connectivity index (χ1n) is 7.46. The van der Waals surface area contributed by atoms with Gasteiger partial charge in [0.2, 0.25) is 0 Å². The molecular formula is C18H16N2O3. The molecule has 2 aromatic carbocycles. The minimum atomic E-state index is 0.117. The lowest BCUT2D eigenvalue weighted by Crippen LogP contribution is -2.14. The molecule has 2 N–H and O–H groups in total. The van der Waals surface area contributed by atoms with Gasteiger partial charge in [0.15, 0.2) is 17.4 Å². The molecule has 4 rings (SSSR count). The third-order valence-corrected chi connectivity index (χ3v) is 3.84. The number of aryl methyl sites for hydroxylation is 1. The second-order valence-corrected chi connectivity index (χ2v) is 5.52. The number of ether oxygens (including phenoxy) is 2. The van der Waals surface area contributed by atoms with Crippen LogP contribution in [0.5, 0.6) is 17.4 Å². The molecule has 0 saturated carbocycles. The fraction of sp³-hybridized carbons (Fsp3) is 0.167. The summed E-state index contributed by atoms with van der Waals surface area (Å²) in [6, 6.07) is 11.5. The van der Waals surface area contributed by atoms with Crippen molar-refractivity contribution in [2.24, 2.45) is 4.99 Å². The predicted octanol–water partition coefficient (Wildman–Crippen LogP) is 3.70. The lowest BCUT2D eigenvalue weighted by atomic mass is 10.1. The highest BCUT2D eigenvalue weighted by atomic mass is 16.6. The Hall–Kier alpha value is -2.95. The number of hydrogen-bond acceptors (Lipinski definition) is 4. The molecule has 0 spiro atoms. The van der Waals surface area contributed by atoms with Gasteiger partial charge in [-0.3, -0.25) is 4.99 Å². The van der Waals surface area contributed by atoms with Gasteiger partial charge in [0.05, 0.1) is 11.3 Å². The first-order chi connectivity index (χ1) is 11.2. The molecule has 0 fully saturated rings. The van der Waals surface area contributed by atoms with E-state index in [-0.39, 0.29) is 5.88 Å². The van der Waals surface area contributed by atoms with Crippen molar-refractivity contribution in [3.05, 3.63) is 47.5 Å². The summed E-state index contributed by atoms with van der Waals surface area (Å²) in [5.41, 5.74) is 3.45. The lowest BCUT2D eigenvalue weighted by molar-refractivity contribution is 0.171. The molecule has 1 aliphatic heterocycles. The van der Waals surface area contributed by atoms with E-state index in [1.54, 1.807) is 6.21 Å². The summed E-state index contributed by atoms with van der Waals surface area (Å²) in [6.07, 6.45) is 1.66. The maximum Gasteiger partial charge on any atom is 0.198 e. The van der Waals surface area contributed by atoms with Crippen molar-refractivity contribution < 1.29 is 14.6 Å². The van der Waals surface area contributed by atoms with Crippen molar-refractivity contribution in [2.75, 3.05) is 13.2 Å². The molecule has 1 aliphatic rings. The van der Waals surface area contributed by atoms with Crippen molar-refractivity contribution in [3.8, 4) is 17.4 Å². The van der Waals surface area contributed by atoms with Crippen LogP contribution in [0, 0.1) is 6.92 Å². The summed E-state index contributed by atoms with van der Waals surface area (Å²) in [4.78, 5) is 7.42. The number of aliphatic imine (C=N–C) groups is 1. The molecule has 0 bridgehead atoms. The molecule has 0 radical (unpaired) electrons. The minimum absolute atomic E-state index is 0.117. The molecule has 0 unspecified atom stereocenters. The minimum Gasteiger partial charge on any atom is -0.494 e. The van der Waals surface area contributed by atoms with Crippen LogP contribution in [0.3, 0.4) is 0 Å². The number of nitrogens with zero attached hydrogens (tertiary/aromatic N) is 1. The van der Waals surface area contributed by atoms with Crippen LogP contribution < -0.4 is 9.47 Å². The molecule has 1 aromatic heterocycles. The first-order valence-corrected chi connectivity index (χ1v) is 7.46. The number of rotatable bonds is 2. The summed E-state index contributed by atoms with van der Waals surface area (Å²) >= 11 is 0. The van der Waals surface area contributed by atoms with E-state index >= 15 is 0 Å². The summed E-state index contributed by atoms with van der Waals surface area (Å²) in [6.45, 7) is 3.13. The van der Waals surface area contributed by atoms with E-state index < -0.39 is 0 Å². The van der Waals surface area contributed by atoms with Crippen LogP contribution in [-0.2, 0) is 0 Å². The number of aromatic amines is 1. The first kappa shape index (κ1) is 13.7. The number of fused-ring (bicyclic) bond motifs is 2. The maximum absolute atomic E-state index is 10.1. The Kier molecular flexibility index (Phi) is 3.19. The van der Waals surface area contributed by atoms with Crippen molar-refractivity contribution in [1.29, 1.82) is 0 Å². The standard InChI is InChI=1S/C18H16N2O3/c1-11-2-4-13-14(18(21)20-15(13)8-11)10-19-12-3-5-16-17(9-12)23-7-6-22-16/h2-5,8-10,20-21H,6-7H2,1H3. The zero-order chi connectivity index (χ0) is 15.8. The van der Waals surface area contributed by atoms with Gasteiger partial charge < -0.3 is 19.6 Å². The van der Waals surface area contributed by atoms with Crippen LogP contribution >= 0.6 is 0 Å². The van der Waals surface area contributed by atoms with E-state index in [1.807, 2.05) is 43.3 Å². The highest BCUT2D eigenvalue weighted by molar-refractivity contribution is 6.02. The third kappa shape index (κ3) is 2.50. The van der Waals surface area contributed by atoms with E-state index in [9.17, 15) is 5.11 Å². The molecule has 5 heteroatoms. The summed E-state index contributed by atoms with van der Waals surface area (Å²) in [5.74, 6) is 1.55. The SMILES string of the molecule is Cc1ccc2c(C=Nc3ccc4c(c3)OCCO4)c(O)[nH]c2c1. The number of H-pyrrole nitrogens is 1. The molecule has 116 valence electrons. The van der Waals surface area contributed by atoms with Gasteiger partial charge in [-0.15, -0.1) is 0 Å². The smallest absolute Gasteiger partial charge is 0.198 e. The molecule has 2 heterocycles. The lowest BCUT2D eigenvalue weighted by Gasteiger charge is -2.18. The zero-order valence-corrected chi connectivity index (χ0v) is 12.7. The average Bonchev–Trinajstić information content (AvgIpc) is 2.87. The second-order valence-electron chi connectivity index (χ2n) is 5.52. The molecule has 0 amide bonds. The monoisotopic (exact) mass is 308 g/mol. The Labute approximate surface area is 133 Å². The van der Waals surface area contributed by atoms with E-state index in [0.29, 0.717) is 24.5 Å². The van der Waals surface area contributed by atoms with Gasteiger partial charge in [0.25, 0.3) is 0 Å². The Morgan fingerprint density at radius 2 is 1.91 bits per heavy atom. The molecular weight excluding hydrogens is 292 g/mol. The van der Waals surface area contributed by atoms with Gasteiger partial charge in [-0.05, 0) is 30.7 Å². The summed E-state index contributed by atoms with van der Waals surface area (Å²) < 4.78 is 11.0.